The quantitative estimate of drug-likeness (QED) is 0.612. The van der Waals surface area contributed by atoms with Crippen molar-refractivity contribution in [2.45, 2.75) is 13.3 Å². The van der Waals surface area contributed by atoms with Gasteiger partial charge in [-0.25, -0.2) is 14.4 Å². The molecule has 142 valence electrons. The Balaban J connectivity index is 1.54. The SMILES string of the molecule is CC(=O)c1cccc(NC(=O)c2cnc(NCCc3ccc(F)cc3)cn2)c1. The maximum absolute atomic E-state index is 12.9. The summed E-state index contributed by atoms with van der Waals surface area (Å²) in [5.74, 6) is -0.209. The van der Waals surface area contributed by atoms with Crippen molar-refractivity contribution >= 4 is 23.2 Å². The number of Topliss-reactive ketones (excluding diaryl/α,β-unsaturated/α-hetero) is 1. The van der Waals surface area contributed by atoms with Crippen LogP contribution in [0.5, 0.6) is 0 Å². The van der Waals surface area contributed by atoms with Gasteiger partial charge in [-0.2, -0.15) is 0 Å². The van der Waals surface area contributed by atoms with Gasteiger partial charge in [0.05, 0.1) is 12.4 Å². The van der Waals surface area contributed by atoms with Gasteiger partial charge in [0.25, 0.3) is 5.91 Å². The molecule has 6 nitrogen and oxygen atoms in total. The van der Waals surface area contributed by atoms with Crippen LogP contribution in [0.25, 0.3) is 0 Å². The average Bonchev–Trinajstić information content (AvgIpc) is 2.70. The number of ketones is 1. The molecule has 0 fully saturated rings. The zero-order chi connectivity index (χ0) is 19.9. The third-order valence-electron chi connectivity index (χ3n) is 4.04. The van der Waals surface area contributed by atoms with Gasteiger partial charge >= 0.3 is 0 Å². The van der Waals surface area contributed by atoms with E-state index < -0.39 is 5.91 Å². The fourth-order valence-corrected chi connectivity index (χ4v) is 2.53. The number of halogens is 1. The molecule has 3 aromatic rings. The minimum atomic E-state index is -0.411. The number of anilines is 2. The topological polar surface area (TPSA) is 84.0 Å². The third kappa shape index (κ3) is 5.20. The van der Waals surface area contributed by atoms with E-state index in [2.05, 4.69) is 20.6 Å². The van der Waals surface area contributed by atoms with Crippen LogP contribution in [0.3, 0.4) is 0 Å². The number of rotatable bonds is 7. The summed E-state index contributed by atoms with van der Waals surface area (Å²) in [6, 6.07) is 13.0. The predicted octanol–water partition coefficient (Wildman–Crippen LogP) is 3.73. The van der Waals surface area contributed by atoms with E-state index in [0.29, 0.717) is 30.0 Å². The molecule has 7 heteroatoms. The molecule has 0 spiro atoms. The maximum Gasteiger partial charge on any atom is 0.275 e. The largest absolute Gasteiger partial charge is 0.368 e. The van der Waals surface area contributed by atoms with E-state index in [9.17, 15) is 14.0 Å². The molecule has 2 aromatic carbocycles. The van der Waals surface area contributed by atoms with Crippen molar-refractivity contribution < 1.29 is 14.0 Å². The highest BCUT2D eigenvalue weighted by Crippen LogP contribution is 2.12. The van der Waals surface area contributed by atoms with Gasteiger partial charge in [0, 0.05) is 17.8 Å². The van der Waals surface area contributed by atoms with Crippen LogP contribution in [0, 0.1) is 5.82 Å². The van der Waals surface area contributed by atoms with Crippen LogP contribution in [-0.2, 0) is 6.42 Å². The van der Waals surface area contributed by atoms with Crippen LogP contribution in [0.15, 0.2) is 60.9 Å². The van der Waals surface area contributed by atoms with Crippen LogP contribution in [0.2, 0.25) is 0 Å². The molecular weight excluding hydrogens is 359 g/mol. The summed E-state index contributed by atoms with van der Waals surface area (Å²) in [6.45, 7) is 2.07. The number of hydrogen-bond donors (Lipinski definition) is 2. The number of amides is 1. The molecule has 0 atom stereocenters. The number of benzene rings is 2. The molecular formula is C21H19FN4O2. The lowest BCUT2D eigenvalue weighted by Gasteiger charge is -2.08. The third-order valence-corrected chi connectivity index (χ3v) is 4.04. The molecule has 3 rings (SSSR count). The van der Waals surface area contributed by atoms with Crippen molar-refractivity contribution in [1.82, 2.24) is 9.97 Å². The number of carbonyl (C=O) groups excluding carboxylic acids is 2. The van der Waals surface area contributed by atoms with Gasteiger partial charge in [0.1, 0.15) is 17.3 Å². The van der Waals surface area contributed by atoms with Crippen molar-refractivity contribution in [1.29, 1.82) is 0 Å². The molecule has 28 heavy (non-hydrogen) atoms. The number of carbonyl (C=O) groups is 2. The molecule has 0 aliphatic heterocycles. The summed E-state index contributed by atoms with van der Waals surface area (Å²) in [4.78, 5) is 32.0. The van der Waals surface area contributed by atoms with E-state index in [-0.39, 0.29) is 17.3 Å². The Morgan fingerprint density at radius 2 is 1.82 bits per heavy atom. The molecule has 0 saturated heterocycles. The Hall–Kier alpha value is -3.61. The van der Waals surface area contributed by atoms with E-state index >= 15 is 0 Å². The Kier molecular flexibility index (Phi) is 6.06. The Labute approximate surface area is 161 Å². The van der Waals surface area contributed by atoms with Gasteiger partial charge in [-0.3, -0.25) is 9.59 Å². The highest BCUT2D eigenvalue weighted by atomic mass is 19.1. The monoisotopic (exact) mass is 378 g/mol. The van der Waals surface area contributed by atoms with E-state index in [1.54, 1.807) is 36.4 Å². The second-order valence-corrected chi connectivity index (χ2v) is 6.18. The fourth-order valence-electron chi connectivity index (χ4n) is 2.53. The number of hydrogen-bond acceptors (Lipinski definition) is 5. The van der Waals surface area contributed by atoms with Gasteiger partial charge in [-0.05, 0) is 43.2 Å². The van der Waals surface area contributed by atoms with Gasteiger partial charge in [-0.15, -0.1) is 0 Å². The summed E-state index contributed by atoms with van der Waals surface area (Å²) in [5.41, 5.74) is 2.20. The van der Waals surface area contributed by atoms with Crippen LogP contribution in [-0.4, -0.2) is 28.2 Å². The summed E-state index contributed by atoms with van der Waals surface area (Å²) in [6.07, 6.45) is 3.56. The summed E-state index contributed by atoms with van der Waals surface area (Å²) < 4.78 is 12.9. The highest BCUT2D eigenvalue weighted by Gasteiger charge is 2.09. The smallest absolute Gasteiger partial charge is 0.275 e. The van der Waals surface area contributed by atoms with Gasteiger partial charge in [0.2, 0.25) is 0 Å². The van der Waals surface area contributed by atoms with Crippen LogP contribution >= 0.6 is 0 Å². The fraction of sp³-hybridized carbons (Fsp3) is 0.143. The summed E-state index contributed by atoms with van der Waals surface area (Å²) >= 11 is 0. The lowest BCUT2D eigenvalue weighted by atomic mass is 10.1. The van der Waals surface area contributed by atoms with Crippen molar-refractivity contribution in [2.24, 2.45) is 0 Å². The number of aromatic nitrogens is 2. The molecule has 0 aliphatic carbocycles. The van der Waals surface area contributed by atoms with Crippen LogP contribution in [0.1, 0.15) is 33.3 Å². The minimum Gasteiger partial charge on any atom is -0.368 e. The predicted molar refractivity (Wildman–Crippen MR) is 105 cm³/mol. The van der Waals surface area contributed by atoms with Crippen LogP contribution < -0.4 is 10.6 Å². The normalized spacial score (nSPS) is 10.4. The van der Waals surface area contributed by atoms with Crippen LogP contribution in [0.4, 0.5) is 15.9 Å². The van der Waals surface area contributed by atoms with Crippen molar-refractivity contribution in [2.75, 3.05) is 17.2 Å². The van der Waals surface area contributed by atoms with E-state index in [1.807, 2.05) is 0 Å². The Morgan fingerprint density at radius 1 is 1.04 bits per heavy atom. The molecule has 0 aliphatic rings. The first-order chi connectivity index (χ1) is 13.5. The molecule has 2 N–H and O–H groups in total. The standard InChI is InChI=1S/C21H19FN4O2/c1-14(27)16-3-2-4-18(11-16)26-21(28)19-12-25-20(13-24-19)23-10-9-15-5-7-17(22)8-6-15/h2-8,11-13H,9-10H2,1H3,(H,23,25)(H,26,28). The van der Waals surface area contributed by atoms with Crippen molar-refractivity contribution in [3.05, 3.63) is 83.6 Å². The van der Waals surface area contributed by atoms with Crippen molar-refractivity contribution in [3.63, 3.8) is 0 Å². The van der Waals surface area contributed by atoms with E-state index in [4.69, 9.17) is 0 Å². The molecule has 1 aromatic heterocycles. The van der Waals surface area contributed by atoms with E-state index in [0.717, 1.165) is 5.56 Å². The lowest BCUT2D eigenvalue weighted by Crippen LogP contribution is -2.15. The first kappa shape index (κ1) is 19.2. The zero-order valence-corrected chi connectivity index (χ0v) is 15.3. The molecule has 0 unspecified atom stereocenters. The average molecular weight is 378 g/mol. The number of nitrogens with one attached hydrogen (secondary N) is 2. The lowest BCUT2D eigenvalue weighted by molar-refractivity contribution is 0.100. The Bertz CT molecular complexity index is 972. The van der Waals surface area contributed by atoms with Gasteiger partial charge in [-0.1, -0.05) is 24.3 Å². The highest BCUT2D eigenvalue weighted by molar-refractivity contribution is 6.03. The van der Waals surface area contributed by atoms with Gasteiger partial charge < -0.3 is 10.6 Å². The first-order valence-corrected chi connectivity index (χ1v) is 8.74. The second-order valence-electron chi connectivity index (χ2n) is 6.18. The molecule has 0 bridgehead atoms. The molecule has 0 radical (unpaired) electrons. The summed E-state index contributed by atoms with van der Waals surface area (Å²) in [5, 5.41) is 5.80. The van der Waals surface area contributed by atoms with E-state index in [1.165, 1.54) is 31.5 Å². The Morgan fingerprint density at radius 3 is 2.50 bits per heavy atom. The molecule has 1 heterocycles. The molecule has 1 amide bonds. The summed E-state index contributed by atoms with van der Waals surface area (Å²) in [7, 11) is 0. The second kappa shape index (κ2) is 8.85. The first-order valence-electron chi connectivity index (χ1n) is 8.74. The zero-order valence-electron chi connectivity index (χ0n) is 15.3. The van der Waals surface area contributed by atoms with Crippen molar-refractivity contribution in [3.8, 4) is 0 Å². The number of nitrogens with zero attached hydrogens (tertiary/aromatic N) is 2. The minimum absolute atomic E-state index is 0.0769. The maximum atomic E-state index is 12.9. The van der Waals surface area contributed by atoms with Gasteiger partial charge in [0.15, 0.2) is 5.78 Å². The molecule has 0 saturated carbocycles.